The normalized spacial score (nSPS) is 12.4. The van der Waals surface area contributed by atoms with Crippen molar-refractivity contribution in [3.05, 3.63) is 23.9 Å². The van der Waals surface area contributed by atoms with E-state index in [1.165, 1.54) is 18.0 Å². The molecule has 0 saturated heterocycles. The van der Waals surface area contributed by atoms with Crippen molar-refractivity contribution in [2.24, 2.45) is 0 Å². The third-order valence-corrected chi connectivity index (χ3v) is 2.81. The summed E-state index contributed by atoms with van der Waals surface area (Å²) >= 11 is 0. The van der Waals surface area contributed by atoms with Crippen molar-refractivity contribution in [3.63, 3.8) is 0 Å². The predicted molar refractivity (Wildman–Crippen MR) is 88.9 cm³/mol. The number of ether oxygens (including phenoxy) is 2. The number of rotatable bonds is 6. The number of hydrogen-bond donors (Lipinski definition) is 2. The molecule has 9 heteroatoms. The molecule has 0 spiro atoms. The molecule has 0 fully saturated rings. The van der Waals surface area contributed by atoms with Gasteiger partial charge in [-0.15, -0.1) is 0 Å². The molecular weight excluding hydrogens is 330 g/mol. The number of hydrogen-bond acceptors (Lipinski definition) is 7. The molecule has 0 aliphatic heterocycles. The van der Waals surface area contributed by atoms with Crippen molar-refractivity contribution >= 4 is 23.8 Å². The number of aromatic nitrogens is 1. The minimum absolute atomic E-state index is 0.0114. The van der Waals surface area contributed by atoms with Gasteiger partial charge in [-0.05, 0) is 40.0 Å². The van der Waals surface area contributed by atoms with E-state index in [9.17, 15) is 14.4 Å². The fraction of sp³-hybridized carbons (Fsp3) is 0.500. The van der Waals surface area contributed by atoms with E-state index >= 15 is 0 Å². The van der Waals surface area contributed by atoms with Crippen LogP contribution in [0.25, 0.3) is 0 Å². The first-order valence-corrected chi connectivity index (χ1v) is 7.54. The van der Waals surface area contributed by atoms with Crippen molar-refractivity contribution < 1.29 is 29.0 Å². The van der Waals surface area contributed by atoms with Crippen molar-refractivity contribution in [2.75, 3.05) is 18.9 Å². The number of carbonyl (C=O) groups is 3. The summed E-state index contributed by atoms with van der Waals surface area (Å²) in [5.74, 6) is -1.09. The van der Waals surface area contributed by atoms with Crippen LogP contribution in [0.5, 0.6) is 0 Å². The molecule has 1 atom stereocenters. The standard InChI is InChI=1S/C16H23N3O6/c1-10(20)24-14(19(5)9-12(21)25-16(2,3)4)11-7-6-8-17-13(11)18-15(22)23/h6-8,14H,9H2,1-5H3,(H,17,18)(H,22,23). The SMILES string of the molecule is CC(=O)OC(c1cccnc1NC(=O)O)N(C)CC(=O)OC(C)(C)C. The molecule has 0 radical (unpaired) electrons. The summed E-state index contributed by atoms with van der Waals surface area (Å²) in [5.41, 5.74) is -0.356. The fourth-order valence-corrected chi connectivity index (χ4v) is 2.03. The zero-order chi connectivity index (χ0) is 19.2. The molecule has 0 aromatic carbocycles. The van der Waals surface area contributed by atoms with Crippen molar-refractivity contribution in [1.29, 1.82) is 0 Å². The van der Waals surface area contributed by atoms with E-state index in [0.717, 1.165) is 0 Å². The smallest absolute Gasteiger partial charge is 0.410 e. The Bertz CT molecular complexity index is 641. The second-order valence-electron chi connectivity index (χ2n) is 6.33. The van der Waals surface area contributed by atoms with Crippen LogP contribution in [0.3, 0.4) is 0 Å². The molecule has 25 heavy (non-hydrogen) atoms. The molecule has 0 saturated carbocycles. The van der Waals surface area contributed by atoms with E-state index in [4.69, 9.17) is 14.6 Å². The Balaban J connectivity index is 3.07. The minimum Gasteiger partial charge on any atom is -0.465 e. The van der Waals surface area contributed by atoms with E-state index in [1.54, 1.807) is 40.0 Å². The first kappa shape index (κ1) is 20.4. The van der Waals surface area contributed by atoms with Crippen LogP contribution >= 0.6 is 0 Å². The van der Waals surface area contributed by atoms with Gasteiger partial charge in [0.15, 0.2) is 6.23 Å². The number of nitrogens with one attached hydrogen (secondary N) is 1. The first-order chi connectivity index (χ1) is 11.5. The third kappa shape index (κ3) is 7.17. The Labute approximate surface area is 145 Å². The van der Waals surface area contributed by atoms with Gasteiger partial charge in [0.25, 0.3) is 0 Å². The predicted octanol–water partition coefficient (Wildman–Crippen LogP) is 2.01. The topological polar surface area (TPSA) is 118 Å². The van der Waals surface area contributed by atoms with Gasteiger partial charge in [0.1, 0.15) is 11.4 Å². The highest BCUT2D eigenvalue weighted by molar-refractivity contribution is 5.82. The van der Waals surface area contributed by atoms with Gasteiger partial charge >= 0.3 is 18.0 Å². The van der Waals surface area contributed by atoms with Crippen LogP contribution in [-0.2, 0) is 19.1 Å². The number of pyridine rings is 1. The van der Waals surface area contributed by atoms with Crippen molar-refractivity contribution in [1.82, 2.24) is 9.88 Å². The Morgan fingerprint density at radius 3 is 2.52 bits per heavy atom. The largest absolute Gasteiger partial charge is 0.465 e. The number of likely N-dealkylation sites (N-methyl/N-ethyl adjacent to an activating group) is 1. The lowest BCUT2D eigenvalue weighted by atomic mass is 10.2. The van der Waals surface area contributed by atoms with Gasteiger partial charge in [-0.25, -0.2) is 9.78 Å². The van der Waals surface area contributed by atoms with Crippen LogP contribution in [0.15, 0.2) is 18.3 Å². The van der Waals surface area contributed by atoms with Gasteiger partial charge in [0, 0.05) is 13.1 Å². The van der Waals surface area contributed by atoms with Crippen molar-refractivity contribution in [2.45, 2.75) is 39.5 Å². The molecular formula is C16H23N3O6. The highest BCUT2D eigenvalue weighted by Gasteiger charge is 2.27. The summed E-state index contributed by atoms with van der Waals surface area (Å²) in [6.45, 7) is 6.27. The summed E-state index contributed by atoms with van der Waals surface area (Å²) in [6, 6.07) is 3.12. The first-order valence-electron chi connectivity index (χ1n) is 7.54. The Morgan fingerprint density at radius 2 is 2.00 bits per heavy atom. The van der Waals surface area contributed by atoms with Gasteiger partial charge in [-0.2, -0.15) is 0 Å². The quantitative estimate of drug-likeness (QED) is 0.589. The number of esters is 2. The van der Waals surface area contributed by atoms with Gasteiger partial charge in [0.2, 0.25) is 0 Å². The summed E-state index contributed by atoms with van der Waals surface area (Å²) in [7, 11) is 1.55. The van der Waals surface area contributed by atoms with E-state index < -0.39 is 29.9 Å². The average molecular weight is 353 g/mol. The lowest BCUT2D eigenvalue weighted by Gasteiger charge is -2.29. The van der Waals surface area contributed by atoms with E-state index in [2.05, 4.69) is 10.3 Å². The van der Waals surface area contributed by atoms with Crippen LogP contribution in [0.1, 0.15) is 39.5 Å². The number of carbonyl (C=O) groups excluding carboxylic acids is 2. The monoisotopic (exact) mass is 353 g/mol. The molecule has 2 N–H and O–H groups in total. The summed E-state index contributed by atoms with van der Waals surface area (Å²) < 4.78 is 10.5. The third-order valence-electron chi connectivity index (χ3n) is 2.81. The summed E-state index contributed by atoms with van der Waals surface area (Å²) in [5, 5.41) is 11.1. The summed E-state index contributed by atoms with van der Waals surface area (Å²) in [6.07, 6.45) is -0.926. The van der Waals surface area contributed by atoms with Gasteiger partial charge in [0.05, 0.1) is 12.1 Å². The second-order valence-corrected chi connectivity index (χ2v) is 6.33. The molecule has 1 heterocycles. The van der Waals surface area contributed by atoms with Gasteiger partial charge in [-0.3, -0.25) is 19.8 Å². The molecule has 1 aromatic rings. The zero-order valence-electron chi connectivity index (χ0n) is 14.9. The van der Waals surface area contributed by atoms with Gasteiger partial charge < -0.3 is 14.6 Å². The van der Waals surface area contributed by atoms with Crippen LogP contribution in [-0.4, -0.2) is 52.2 Å². The molecule has 0 bridgehead atoms. The molecule has 1 rings (SSSR count). The number of nitrogens with zero attached hydrogens (tertiary/aromatic N) is 2. The molecule has 138 valence electrons. The molecule has 0 aliphatic carbocycles. The average Bonchev–Trinajstić information content (AvgIpc) is 2.42. The zero-order valence-corrected chi connectivity index (χ0v) is 14.9. The molecule has 0 aliphatic rings. The lowest BCUT2D eigenvalue weighted by Crippen LogP contribution is -2.36. The number of carboxylic acid groups (broad SMARTS) is 1. The van der Waals surface area contributed by atoms with E-state index in [-0.39, 0.29) is 12.4 Å². The Morgan fingerprint density at radius 1 is 1.36 bits per heavy atom. The highest BCUT2D eigenvalue weighted by Crippen LogP contribution is 2.27. The minimum atomic E-state index is -1.31. The van der Waals surface area contributed by atoms with E-state index in [1.807, 2.05) is 0 Å². The fourth-order valence-electron chi connectivity index (χ4n) is 2.03. The highest BCUT2D eigenvalue weighted by atomic mass is 16.6. The maximum atomic E-state index is 12.0. The molecule has 1 aromatic heterocycles. The second kappa shape index (κ2) is 8.43. The summed E-state index contributed by atoms with van der Waals surface area (Å²) in [4.78, 5) is 39.8. The molecule has 9 nitrogen and oxygen atoms in total. The maximum Gasteiger partial charge on any atom is 0.410 e. The van der Waals surface area contributed by atoms with Gasteiger partial charge in [-0.1, -0.05) is 0 Å². The van der Waals surface area contributed by atoms with Crippen LogP contribution in [0, 0.1) is 0 Å². The molecule has 1 unspecified atom stereocenters. The molecule has 1 amide bonds. The maximum absolute atomic E-state index is 12.0. The van der Waals surface area contributed by atoms with Crippen molar-refractivity contribution in [3.8, 4) is 0 Å². The number of anilines is 1. The lowest BCUT2D eigenvalue weighted by molar-refractivity contribution is -0.166. The Hall–Kier alpha value is -2.68. The van der Waals surface area contributed by atoms with Crippen LogP contribution in [0.2, 0.25) is 0 Å². The number of amides is 1. The van der Waals surface area contributed by atoms with Crippen LogP contribution < -0.4 is 5.32 Å². The van der Waals surface area contributed by atoms with E-state index in [0.29, 0.717) is 5.56 Å². The Kier molecular flexibility index (Phi) is 6.86. The van der Waals surface area contributed by atoms with Crippen LogP contribution in [0.4, 0.5) is 10.6 Å².